The van der Waals surface area contributed by atoms with Crippen LogP contribution in [-0.2, 0) is 4.79 Å². The lowest BCUT2D eigenvalue weighted by Gasteiger charge is -2.44. The standard InChI is InChI=1S/C15H19ClN2O3/c1-15(2)4-3-5-18(12(15)14(20)21)13(19)9-6-10(16)8-11(17)7-9/h6-8,12H,3-5,17H2,1-2H3,(H,20,21). The van der Waals surface area contributed by atoms with E-state index in [1.54, 1.807) is 6.07 Å². The van der Waals surface area contributed by atoms with Crippen LogP contribution in [0, 0.1) is 5.41 Å². The third kappa shape index (κ3) is 3.13. The summed E-state index contributed by atoms with van der Waals surface area (Å²) in [6.45, 7) is 4.17. The molecular formula is C15H19ClN2O3. The third-order valence-corrected chi connectivity index (χ3v) is 4.15. The number of nitrogens with two attached hydrogens (primary N) is 1. The van der Waals surface area contributed by atoms with Gasteiger partial charge in [0.2, 0.25) is 0 Å². The molecule has 1 aromatic rings. The molecule has 2 rings (SSSR count). The fourth-order valence-corrected chi connectivity index (χ4v) is 3.22. The zero-order valence-corrected chi connectivity index (χ0v) is 12.9. The average molecular weight is 311 g/mol. The number of aliphatic carboxylic acids is 1. The van der Waals surface area contributed by atoms with Crippen LogP contribution in [0.2, 0.25) is 5.02 Å². The van der Waals surface area contributed by atoms with E-state index in [2.05, 4.69) is 0 Å². The number of piperidine rings is 1. The lowest BCUT2D eigenvalue weighted by molar-refractivity contribution is -0.148. The first-order valence-corrected chi connectivity index (χ1v) is 7.20. The third-order valence-electron chi connectivity index (χ3n) is 3.93. The lowest BCUT2D eigenvalue weighted by Crippen LogP contribution is -2.56. The van der Waals surface area contributed by atoms with Crippen LogP contribution < -0.4 is 5.73 Å². The van der Waals surface area contributed by atoms with Gasteiger partial charge < -0.3 is 15.7 Å². The highest BCUT2D eigenvalue weighted by Gasteiger charge is 2.44. The number of carbonyl (C=O) groups excluding carboxylic acids is 1. The van der Waals surface area contributed by atoms with Gasteiger partial charge in [-0.2, -0.15) is 0 Å². The number of nitrogen functional groups attached to an aromatic ring is 1. The van der Waals surface area contributed by atoms with E-state index in [1.807, 2.05) is 13.8 Å². The van der Waals surface area contributed by atoms with Crippen LogP contribution in [0.15, 0.2) is 18.2 Å². The molecule has 21 heavy (non-hydrogen) atoms. The number of halogens is 1. The van der Waals surface area contributed by atoms with Crippen LogP contribution in [-0.4, -0.2) is 34.5 Å². The lowest BCUT2D eigenvalue weighted by atomic mass is 9.76. The normalized spacial score (nSPS) is 21.1. The molecule has 1 fully saturated rings. The Balaban J connectivity index is 2.38. The summed E-state index contributed by atoms with van der Waals surface area (Å²) in [5, 5.41) is 9.87. The van der Waals surface area contributed by atoms with Gasteiger partial charge in [0, 0.05) is 22.8 Å². The number of carboxylic acids is 1. The highest BCUT2D eigenvalue weighted by molar-refractivity contribution is 6.31. The molecule has 0 aromatic heterocycles. The first kappa shape index (κ1) is 15.6. The van der Waals surface area contributed by atoms with Crippen LogP contribution in [0.5, 0.6) is 0 Å². The minimum atomic E-state index is -0.983. The van der Waals surface area contributed by atoms with Gasteiger partial charge in [0.1, 0.15) is 6.04 Å². The summed E-state index contributed by atoms with van der Waals surface area (Å²) < 4.78 is 0. The molecule has 1 aliphatic heterocycles. The summed E-state index contributed by atoms with van der Waals surface area (Å²) >= 11 is 5.92. The minimum Gasteiger partial charge on any atom is -0.480 e. The van der Waals surface area contributed by atoms with Crippen molar-refractivity contribution >= 4 is 29.2 Å². The molecule has 5 nitrogen and oxygen atoms in total. The summed E-state index contributed by atoms with van der Waals surface area (Å²) in [4.78, 5) is 25.7. The maximum Gasteiger partial charge on any atom is 0.326 e. The summed E-state index contributed by atoms with van der Waals surface area (Å²) in [5.74, 6) is -1.33. The van der Waals surface area contributed by atoms with Crippen molar-refractivity contribution in [3.8, 4) is 0 Å². The van der Waals surface area contributed by atoms with E-state index in [0.29, 0.717) is 22.8 Å². The topological polar surface area (TPSA) is 83.6 Å². The van der Waals surface area contributed by atoms with Crippen molar-refractivity contribution in [2.75, 3.05) is 12.3 Å². The van der Waals surface area contributed by atoms with Gasteiger partial charge in [0.15, 0.2) is 0 Å². The summed E-state index contributed by atoms with van der Waals surface area (Å²) in [5.41, 5.74) is 5.94. The summed E-state index contributed by atoms with van der Waals surface area (Å²) in [6.07, 6.45) is 1.55. The van der Waals surface area contributed by atoms with Gasteiger partial charge in [-0.15, -0.1) is 0 Å². The molecule has 3 N–H and O–H groups in total. The second kappa shape index (κ2) is 5.56. The number of hydrogen-bond donors (Lipinski definition) is 2. The smallest absolute Gasteiger partial charge is 0.326 e. The number of benzene rings is 1. The van der Waals surface area contributed by atoms with Crippen molar-refractivity contribution in [1.29, 1.82) is 0 Å². The van der Waals surface area contributed by atoms with Crippen LogP contribution in [0.1, 0.15) is 37.0 Å². The van der Waals surface area contributed by atoms with Gasteiger partial charge in [-0.3, -0.25) is 4.79 Å². The number of nitrogens with zero attached hydrogens (tertiary/aromatic N) is 1. The largest absolute Gasteiger partial charge is 0.480 e. The zero-order valence-electron chi connectivity index (χ0n) is 12.1. The molecule has 0 bridgehead atoms. The number of carboxylic acid groups (broad SMARTS) is 1. The van der Waals surface area contributed by atoms with Gasteiger partial charge in [0.25, 0.3) is 5.91 Å². The first-order chi connectivity index (χ1) is 9.72. The monoisotopic (exact) mass is 310 g/mol. The van der Waals surface area contributed by atoms with Gasteiger partial charge in [-0.05, 0) is 36.5 Å². The van der Waals surface area contributed by atoms with Crippen LogP contribution in [0.25, 0.3) is 0 Å². The molecule has 6 heteroatoms. The molecule has 1 amide bonds. The quantitative estimate of drug-likeness (QED) is 0.823. The van der Waals surface area contributed by atoms with E-state index in [-0.39, 0.29) is 5.91 Å². The number of carbonyl (C=O) groups is 2. The molecule has 114 valence electrons. The van der Waals surface area contributed by atoms with Crippen LogP contribution >= 0.6 is 11.6 Å². The molecule has 1 unspecified atom stereocenters. The minimum absolute atomic E-state index is 0.323. The summed E-state index contributed by atoms with van der Waals surface area (Å²) in [6, 6.07) is 3.74. The van der Waals surface area contributed by atoms with E-state index in [4.69, 9.17) is 17.3 Å². The maximum atomic E-state index is 12.7. The molecule has 0 spiro atoms. The van der Waals surface area contributed by atoms with Crippen LogP contribution in [0.4, 0.5) is 5.69 Å². The Morgan fingerprint density at radius 2 is 2.05 bits per heavy atom. The molecule has 1 heterocycles. The van der Waals surface area contributed by atoms with E-state index in [9.17, 15) is 14.7 Å². The van der Waals surface area contributed by atoms with Crippen molar-refractivity contribution in [2.24, 2.45) is 5.41 Å². The Hall–Kier alpha value is -1.75. The number of anilines is 1. The summed E-state index contributed by atoms with van der Waals surface area (Å²) in [7, 11) is 0. The number of rotatable bonds is 2. The highest BCUT2D eigenvalue weighted by Crippen LogP contribution is 2.36. The Kier molecular flexibility index (Phi) is 4.14. The average Bonchev–Trinajstić information content (AvgIpc) is 2.34. The van der Waals surface area contributed by atoms with Crippen molar-refractivity contribution < 1.29 is 14.7 Å². The first-order valence-electron chi connectivity index (χ1n) is 6.82. The fraction of sp³-hybridized carbons (Fsp3) is 0.467. The van der Waals surface area contributed by atoms with E-state index < -0.39 is 17.4 Å². The SMILES string of the molecule is CC1(C)CCCN(C(=O)c2cc(N)cc(Cl)c2)C1C(=O)O. The Morgan fingerprint density at radius 1 is 1.38 bits per heavy atom. The Morgan fingerprint density at radius 3 is 2.62 bits per heavy atom. The van der Waals surface area contributed by atoms with Crippen molar-refractivity contribution in [3.05, 3.63) is 28.8 Å². The number of hydrogen-bond acceptors (Lipinski definition) is 3. The maximum absolute atomic E-state index is 12.7. The van der Waals surface area contributed by atoms with Gasteiger partial charge in [0.05, 0.1) is 0 Å². The molecular weight excluding hydrogens is 292 g/mol. The second-order valence-corrected chi connectivity index (χ2v) is 6.54. The molecule has 0 radical (unpaired) electrons. The van der Waals surface area contributed by atoms with E-state index in [0.717, 1.165) is 12.8 Å². The number of likely N-dealkylation sites (tertiary alicyclic amines) is 1. The van der Waals surface area contributed by atoms with E-state index >= 15 is 0 Å². The molecule has 1 saturated heterocycles. The molecule has 1 aromatic carbocycles. The second-order valence-electron chi connectivity index (χ2n) is 6.10. The predicted octanol–water partition coefficient (Wildman–Crippen LogP) is 2.64. The van der Waals surface area contributed by atoms with Gasteiger partial charge in [-0.1, -0.05) is 25.4 Å². The molecule has 1 atom stereocenters. The predicted molar refractivity (Wildman–Crippen MR) is 81.3 cm³/mol. The molecule has 0 saturated carbocycles. The molecule has 0 aliphatic carbocycles. The van der Waals surface area contributed by atoms with E-state index in [1.165, 1.54) is 17.0 Å². The fourth-order valence-electron chi connectivity index (χ4n) is 2.98. The van der Waals surface area contributed by atoms with Crippen molar-refractivity contribution in [2.45, 2.75) is 32.7 Å². The van der Waals surface area contributed by atoms with Gasteiger partial charge in [-0.25, -0.2) is 4.79 Å². The Bertz CT molecular complexity index is 566. The Labute approximate surface area is 128 Å². The molecule has 1 aliphatic rings. The number of amides is 1. The zero-order chi connectivity index (χ0) is 15.8. The van der Waals surface area contributed by atoms with Crippen LogP contribution in [0.3, 0.4) is 0 Å². The highest BCUT2D eigenvalue weighted by atomic mass is 35.5. The van der Waals surface area contributed by atoms with Crippen molar-refractivity contribution in [1.82, 2.24) is 4.90 Å². The van der Waals surface area contributed by atoms with Crippen molar-refractivity contribution in [3.63, 3.8) is 0 Å². The van der Waals surface area contributed by atoms with Gasteiger partial charge >= 0.3 is 5.97 Å².